The maximum absolute atomic E-state index is 12.5. The Balaban J connectivity index is 1.87. The molecule has 6 nitrogen and oxygen atoms in total. The second kappa shape index (κ2) is 8.73. The van der Waals surface area contributed by atoms with E-state index in [0.29, 0.717) is 34.0 Å². The van der Waals surface area contributed by atoms with E-state index in [1.807, 2.05) is 12.1 Å². The Bertz CT molecular complexity index is 891. The van der Waals surface area contributed by atoms with Gasteiger partial charge in [-0.25, -0.2) is 0 Å². The fourth-order valence-corrected chi connectivity index (χ4v) is 2.66. The van der Waals surface area contributed by atoms with Gasteiger partial charge in [0.25, 0.3) is 11.8 Å². The third-order valence-electron chi connectivity index (χ3n) is 4.09. The van der Waals surface area contributed by atoms with Gasteiger partial charge >= 0.3 is 0 Å². The van der Waals surface area contributed by atoms with E-state index in [1.54, 1.807) is 60.7 Å². The van der Waals surface area contributed by atoms with Crippen LogP contribution in [0.25, 0.3) is 0 Å². The SMILES string of the molecule is COc1cc(NC(=O)c2ccccc2)c(OC)cc1NC(=O)c1ccccc1. The highest BCUT2D eigenvalue weighted by Crippen LogP contribution is 2.36. The van der Waals surface area contributed by atoms with E-state index in [1.165, 1.54) is 14.2 Å². The Labute approximate surface area is 163 Å². The molecule has 3 rings (SSSR count). The Hall–Kier alpha value is -3.80. The van der Waals surface area contributed by atoms with E-state index >= 15 is 0 Å². The molecular weight excluding hydrogens is 356 g/mol. The molecule has 28 heavy (non-hydrogen) atoms. The van der Waals surface area contributed by atoms with E-state index in [4.69, 9.17) is 9.47 Å². The molecule has 3 aromatic rings. The zero-order chi connectivity index (χ0) is 19.9. The number of anilines is 2. The van der Waals surface area contributed by atoms with Crippen LogP contribution in [0.5, 0.6) is 11.5 Å². The molecule has 3 aromatic carbocycles. The predicted molar refractivity (Wildman–Crippen MR) is 108 cm³/mol. The van der Waals surface area contributed by atoms with Gasteiger partial charge in [-0.05, 0) is 24.3 Å². The predicted octanol–water partition coefficient (Wildman–Crippen LogP) is 4.21. The van der Waals surface area contributed by atoms with Gasteiger partial charge in [-0.2, -0.15) is 0 Å². The van der Waals surface area contributed by atoms with Gasteiger partial charge in [-0.3, -0.25) is 9.59 Å². The minimum absolute atomic E-state index is 0.276. The summed E-state index contributed by atoms with van der Waals surface area (Å²) in [4.78, 5) is 24.9. The Morgan fingerprint density at radius 2 is 1.00 bits per heavy atom. The summed E-state index contributed by atoms with van der Waals surface area (Å²) in [5, 5.41) is 5.62. The fraction of sp³-hybridized carbons (Fsp3) is 0.0909. The molecule has 0 saturated carbocycles. The van der Waals surface area contributed by atoms with Gasteiger partial charge in [-0.15, -0.1) is 0 Å². The zero-order valence-electron chi connectivity index (χ0n) is 15.6. The Morgan fingerprint density at radius 1 is 0.643 bits per heavy atom. The quantitative estimate of drug-likeness (QED) is 0.676. The van der Waals surface area contributed by atoms with Crippen LogP contribution < -0.4 is 20.1 Å². The molecule has 0 aromatic heterocycles. The van der Waals surface area contributed by atoms with Crippen LogP contribution in [-0.4, -0.2) is 26.0 Å². The van der Waals surface area contributed by atoms with Gasteiger partial charge in [0.05, 0.1) is 25.6 Å². The van der Waals surface area contributed by atoms with E-state index in [0.717, 1.165) is 0 Å². The number of carbonyl (C=O) groups excluding carboxylic acids is 2. The summed E-state index contributed by atoms with van der Waals surface area (Å²) >= 11 is 0. The first kappa shape index (κ1) is 19.0. The molecule has 0 aliphatic rings. The van der Waals surface area contributed by atoms with Crippen molar-refractivity contribution in [1.29, 1.82) is 0 Å². The molecule has 0 unspecified atom stereocenters. The van der Waals surface area contributed by atoms with Crippen molar-refractivity contribution in [2.75, 3.05) is 24.9 Å². The van der Waals surface area contributed by atoms with Gasteiger partial charge in [0.1, 0.15) is 11.5 Å². The van der Waals surface area contributed by atoms with E-state index < -0.39 is 0 Å². The van der Waals surface area contributed by atoms with Crippen molar-refractivity contribution in [2.45, 2.75) is 0 Å². The number of ether oxygens (including phenoxy) is 2. The third-order valence-corrected chi connectivity index (χ3v) is 4.09. The van der Waals surface area contributed by atoms with Crippen LogP contribution >= 0.6 is 0 Å². The van der Waals surface area contributed by atoms with Crippen molar-refractivity contribution in [3.05, 3.63) is 83.9 Å². The average molecular weight is 376 g/mol. The number of benzene rings is 3. The smallest absolute Gasteiger partial charge is 0.255 e. The van der Waals surface area contributed by atoms with Gasteiger partial charge in [-0.1, -0.05) is 36.4 Å². The van der Waals surface area contributed by atoms with Gasteiger partial charge in [0.15, 0.2) is 0 Å². The highest BCUT2D eigenvalue weighted by atomic mass is 16.5. The lowest BCUT2D eigenvalue weighted by Crippen LogP contribution is -2.15. The molecule has 0 spiro atoms. The molecule has 2 N–H and O–H groups in total. The lowest BCUT2D eigenvalue weighted by atomic mass is 10.1. The van der Waals surface area contributed by atoms with Crippen LogP contribution in [0.3, 0.4) is 0 Å². The molecule has 142 valence electrons. The summed E-state index contributed by atoms with van der Waals surface area (Å²) in [6.45, 7) is 0. The average Bonchev–Trinajstić information content (AvgIpc) is 2.75. The lowest BCUT2D eigenvalue weighted by molar-refractivity contribution is 0.101. The summed E-state index contributed by atoms with van der Waals surface area (Å²) in [6.07, 6.45) is 0. The zero-order valence-corrected chi connectivity index (χ0v) is 15.6. The van der Waals surface area contributed by atoms with Crippen molar-refractivity contribution in [3.8, 4) is 11.5 Å². The Kier molecular flexibility index (Phi) is 5.91. The van der Waals surface area contributed by atoms with E-state index in [-0.39, 0.29) is 11.8 Å². The monoisotopic (exact) mass is 376 g/mol. The number of carbonyl (C=O) groups is 2. The first-order valence-electron chi connectivity index (χ1n) is 8.61. The molecule has 0 radical (unpaired) electrons. The fourth-order valence-electron chi connectivity index (χ4n) is 2.66. The van der Waals surface area contributed by atoms with Crippen molar-refractivity contribution in [1.82, 2.24) is 0 Å². The number of methoxy groups -OCH3 is 2. The number of amides is 2. The summed E-state index contributed by atoms with van der Waals surface area (Å²) < 4.78 is 10.8. The molecule has 0 fully saturated rings. The molecule has 0 aliphatic carbocycles. The molecule has 0 aliphatic heterocycles. The van der Waals surface area contributed by atoms with Gasteiger partial charge in [0, 0.05) is 23.3 Å². The molecule has 2 amide bonds. The largest absolute Gasteiger partial charge is 0.494 e. The standard InChI is InChI=1S/C22H20N2O4/c1-27-19-13-18(24-22(26)16-11-7-4-8-12-16)20(28-2)14-17(19)23-21(25)15-9-5-3-6-10-15/h3-14H,1-2H3,(H,23,25)(H,24,26). The van der Waals surface area contributed by atoms with Gasteiger partial charge < -0.3 is 20.1 Å². The summed E-state index contributed by atoms with van der Waals surface area (Å²) in [7, 11) is 2.98. The normalized spacial score (nSPS) is 10.1. The van der Waals surface area contributed by atoms with Crippen LogP contribution in [0.1, 0.15) is 20.7 Å². The van der Waals surface area contributed by atoms with Crippen LogP contribution in [0.2, 0.25) is 0 Å². The first-order chi connectivity index (χ1) is 13.6. The number of rotatable bonds is 6. The summed E-state index contributed by atoms with van der Waals surface area (Å²) in [5.41, 5.74) is 1.91. The van der Waals surface area contributed by atoms with Crippen LogP contribution in [0, 0.1) is 0 Å². The summed E-state index contributed by atoms with van der Waals surface area (Å²) in [5.74, 6) is 0.242. The molecule has 0 bridgehead atoms. The minimum atomic E-state index is -0.276. The van der Waals surface area contributed by atoms with Gasteiger partial charge in [0.2, 0.25) is 0 Å². The van der Waals surface area contributed by atoms with Crippen LogP contribution in [0.4, 0.5) is 11.4 Å². The minimum Gasteiger partial charge on any atom is -0.494 e. The number of hydrogen-bond acceptors (Lipinski definition) is 4. The van der Waals surface area contributed by atoms with Crippen LogP contribution in [0.15, 0.2) is 72.8 Å². The van der Waals surface area contributed by atoms with E-state index in [2.05, 4.69) is 10.6 Å². The lowest BCUT2D eigenvalue weighted by Gasteiger charge is -2.16. The van der Waals surface area contributed by atoms with Crippen molar-refractivity contribution >= 4 is 23.2 Å². The molecule has 0 saturated heterocycles. The molecule has 6 heteroatoms. The highest BCUT2D eigenvalue weighted by Gasteiger charge is 2.16. The second-order valence-corrected chi connectivity index (χ2v) is 5.89. The first-order valence-corrected chi connectivity index (χ1v) is 8.61. The Morgan fingerprint density at radius 3 is 1.32 bits per heavy atom. The maximum atomic E-state index is 12.5. The van der Waals surface area contributed by atoms with Crippen molar-refractivity contribution < 1.29 is 19.1 Å². The molecular formula is C22H20N2O4. The number of hydrogen-bond donors (Lipinski definition) is 2. The number of nitrogens with one attached hydrogen (secondary N) is 2. The van der Waals surface area contributed by atoms with Crippen LogP contribution in [-0.2, 0) is 0 Å². The van der Waals surface area contributed by atoms with E-state index in [9.17, 15) is 9.59 Å². The molecule has 0 heterocycles. The topological polar surface area (TPSA) is 76.7 Å². The molecule has 0 atom stereocenters. The summed E-state index contributed by atoms with van der Waals surface area (Å²) in [6, 6.07) is 20.9. The second-order valence-electron chi connectivity index (χ2n) is 5.89. The maximum Gasteiger partial charge on any atom is 0.255 e. The highest BCUT2D eigenvalue weighted by molar-refractivity contribution is 6.07. The third kappa shape index (κ3) is 4.29. The van der Waals surface area contributed by atoms with Crippen molar-refractivity contribution in [3.63, 3.8) is 0 Å². The van der Waals surface area contributed by atoms with Crippen molar-refractivity contribution in [2.24, 2.45) is 0 Å².